The van der Waals surface area contributed by atoms with Gasteiger partial charge >= 0.3 is 6.09 Å². The monoisotopic (exact) mass is 218 g/mol. The van der Waals surface area contributed by atoms with Gasteiger partial charge in [0.1, 0.15) is 6.17 Å². The summed E-state index contributed by atoms with van der Waals surface area (Å²) in [5.74, 6) is 0. The van der Waals surface area contributed by atoms with Gasteiger partial charge in [-0.1, -0.05) is 24.3 Å². The van der Waals surface area contributed by atoms with E-state index in [9.17, 15) is 4.79 Å². The van der Waals surface area contributed by atoms with E-state index >= 15 is 0 Å². The molecule has 1 aromatic rings. The van der Waals surface area contributed by atoms with Crippen LogP contribution >= 0.6 is 0 Å². The standard InChI is InChI=1S/C12H14N2O2/c13-10-8-3-1-2-4-9(8)12(5-6-12)7-14(10)11(15)16/h1-4,10H,5-7,13H2,(H,15,16). The highest BCUT2D eigenvalue weighted by atomic mass is 16.4. The highest BCUT2D eigenvalue weighted by Gasteiger charge is 2.51. The molecule has 4 heteroatoms. The molecule has 3 N–H and O–H groups in total. The van der Waals surface area contributed by atoms with Gasteiger partial charge in [0.05, 0.1) is 0 Å². The Labute approximate surface area is 93.7 Å². The fraction of sp³-hybridized carbons (Fsp3) is 0.417. The predicted molar refractivity (Wildman–Crippen MR) is 59.0 cm³/mol. The summed E-state index contributed by atoms with van der Waals surface area (Å²) in [4.78, 5) is 12.5. The lowest BCUT2D eigenvalue weighted by Gasteiger charge is -2.38. The molecule has 84 valence electrons. The van der Waals surface area contributed by atoms with Crippen LogP contribution in [0.1, 0.15) is 30.1 Å². The summed E-state index contributed by atoms with van der Waals surface area (Å²) in [6, 6.07) is 7.94. The maximum atomic E-state index is 11.1. The molecule has 1 saturated carbocycles. The molecule has 1 aliphatic carbocycles. The first kappa shape index (κ1) is 9.66. The average Bonchev–Trinajstić information content (AvgIpc) is 3.04. The van der Waals surface area contributed by atoms with Crippen LogP contribution in [0.3, 0.4) is 0 Å². The van der Waals surface area contributed by atoms with Crippen LogP contribution in [0.15, 0.2) is 24.3 Å². The van der Waals surface area contributed by atoms with E-state index in [1.165, 1.54) is 10.5 Å². The lowest BCUT2D eigenvalue weighted by atomic mass is 9.85. The summed E-state index contributed by atoms with van der Waals surface area (Å²) in [6.45, 7) is 0.542. The SMILES string of the molecule is NC1c2ccccc2C2(CC2)CN1C(=O)O. The smallest absolute Gasteiger partial charge is 0.408 e. The van der Waals surface area contributed by atoms with Gasteiger partial charge in [0.25, 0.3) is 0 Å². The van der Waals surface area contributed by atoms with Crippen molar-refractivity contribution < 1.29 is 9.90 Å². The second kappa shape index (κ2) is 2.98. The van der Waals surface area contributed by atoms with E-state index in [0.717, 1.165) is 18.4 Å². The number of carboxylic acid groups (broad SMARTS) is 1. The number of benzene rings is 1. The minimum atomic E-state index is -0.923. The molecule has 0 saturated heterocycles. The second-order valence-electron chi connectivity index (χ2n) is 4.72. The molecule has 1 fully saturated rings. The van der Waals surface area contributed by atoms with Crippen molar-refractivity contribution in [3.63, 3.8) is 0 Å². The number of hydrogen-bond donors (Lipinski definition) is 2. The van der Waals surface area contributed by atoms with Gasteiger partial charge in [0.2, 0.25) is 0 Å². The van der Waals surface area contributed by atoms with Crippen LogP contribution in [0.25, 0.3) is 0 Å². The third-order valence-corrected chi connectivity index (χ3v) is 3.76. The molecule has 1 aromatic carbocycles. The van der Waals surface area contributed by atoms with Gasteiger partial charge in [-0.05, 0) is 24.0 Å². The van der Waals surface area contributed by atoms with Crippen LogP contribution < -0.4 is 5.73 Å². The number of nitrogens with two attached hydrogens (primary N) is 1. The van der Waals surface area contributed by atoms with Crippen LogP contribution in [-0.2, 0) is 5.41 Å². The van der Waals surface area contributed by atoms with Crippen LogP contribution in [0.5, 0.6) is 0 Å². The largest absolute Gasteiger partial charge is 0.465 e. The predicted octanol–water partition coefficient (Wildman–Crippen LogP) is 1.67. The van der Waals surface area contributed by atoms with Crippen LogP contribution in [0.2, 0.25) is 0 Å². The van der Waals surface area contributed by atoms with Gasteiger partial charge in [-0.2, -0.15) is 0 Å². The zero-order valence-corrected chi connectivity index (χ0v) is 8.89. The minimum absolute atomic E-state index is 0.0604. The van der Waals surface area contributed by atoms with Crippen LogP contribution in [-0.4, -0.2) is 22.6 Å². The molecule has 16 heavy (non-hydrogen) atoms. The van der Waals surface area contributed by atoms with Crippen molar-refractivity contribution in [2.24, 2.45) is 5.73 Å². The van der Waals surface area contributed by atoms with E-state index in [1.807, 2.05) is 18.2 Å². The molecule has 1 unspecified atom stereocenters. The average molecular weight is 218 g/mol. The Morgan fingerprint density at radius 1 is 1.44 bits per heavy atom. The van der Waals surface area contributed by atoms with Gasteiger partial charge in [0, 0.05) is 12.0 Å². The van der Waals surface area contributed by atoms with Crippen molar-refractivity contribution in [3.8, 4) is 0 Å². The normalized spacial score (nSPS) is 25.3. The quantitative estimate of drug-likeness (QED) is 0.696. The van der Waals surface area contributed by atoms with E-state index in [2.05, 4.69) is 6.07 Å². The molecule has 4 nitrogen and oxygen atoms in total. The molecule has 0 radical (unpaired) electrons. The maximum Gasteiger partial charge on any atom is 0.408 e. The van der Waals surface area contributed by atoms with Gasteiger partial charge in [-0.25, -0.2) is 4.79 Å². The molecule has 1 atom stereocenters. The molecule has 0 aromatic heterocycles. The Hall–Kier alpha value is -1.55. The molecular weight excluding hydrogens is 204 g/mol. The maximum absolute atomic E-state index is 11.1. The Bertz CT molecular complexity index is 454. The van der Waals surface area contributed by atoms with Gasteiger partial charge < -0.3 is 10.8 Å². The molecule has 1 spiro atoms. The highest BCUT2D eigenvalue weighted by molar-refractivity contribution is 5.67. The van der Waals surface area contributed by atoms with Gasteiger partial charge in [0.15, 0.2) is 0 Å². The first-order valence-electron chi connectivity index (χ1n) is 5.49. The van der Waals surface area contributed by atoms with Crippen molar-refractivity contribution >= 4 is 6.09 Å². The van der Waals surface area contributed by atoms with Crippen molar-refractivity contribution in [3.05, 3.63) is 35.4 Å². The Morgan fingerprint density at radius 3 is 2.75 bits per heavy atom. The number of fused-ring (bicyclic) bond motifs is 2. The fourth-order valence-electron chi connectivity index (χ4n) is 2.68. The molecule has 1 heterocycles. The third-order valence-electron chi connectivity index (χ3n) is 3.76. The number of amides is 1. The summed E-state index contributed by atoms with van der Waals surface area (Å²) >= 11 is 0. The topological polar surface area (TPSA) is 66.6 Å². The zero-order chi connectivity index (χ0) is 11.3. The Kier molecular flexibility index (Phi) is 1.80. The van der Waals surface area contributed by atoms with Crippen molar-refractivity contribution in [1.29, 1.82) is 0 Å². The first-order chi connectivity index (χ1) is 7.64. The van der Waals surface area contributed by atoms with E-state index in [0.29, 0.717) is 6.54 Å². The van der Waals surface area contributed by atoms with E-state index < -0.39 is 12.3 Å². The second-order valence-corrected chi connectivity index (χ2v) is 4.72. The number of carbonyl (C=O) groups is 1. The van der Waals surface area contributed by atoms with Gasteiger partial charge in [-0.15, -0.1) is 0 Å². The molecule has 3 rings (SSSR count). The van der Waals surface area contributed by atoms with Crippen LogP contribution in [0.4, 0.5) is 4.79 Å². The Balaban J connectivity index is 2.11. The lowest BCUT2D eigenvalue weighted by molar-refractivity contribution is 0.112. The van der Waals surface area contributed by atoms with Crippen molar-refractivity contribution in [1.82, 2.24) is 4.90 Å². The molecular formula is C12H14N2O2. The number of rotatable bonds is 0. The summed E-state index contributed by atoms with van der Waals surface area (Å²) in [6.07, 6.45) is 0.703. The van der Waals surface area contributed by atoms with E-state index in [4.69, 9.17) is 10.8 Å². The Morgan fingerprint density at radius 2 is 2.12 bits per heavy atom. The van der Waals surface area contributed by atoms with E-state index in [1.54, 1.807) is 0 Å². The number of hydrogen-bond acceptors (Lipinski definition) is 2. The summed E-state index contributed by atoms with van der Waals surface area (Å²) in [5, 5.41) is 9.14. The molecule has 1 amide bonds. The molecule has 2 aliphatic rings. The lowest BCUT2D eigenvalue weighted by Crippen LogP contribution is -2.47. The van der Waals surface area contributed by atoms with E-state index in [-0.39, 0.29) is 5.41 Å². The molecule has 0 bridgehead atoms. The zero-order valence-electron chi connectivity index (χ0n) is 8.89. The fourth-order valence-corrected chi connectivity index (χ4v) is 2.68. The first-order valence-corrected chi connectivity index (χ1v) is 5.49. The summed E-state index contributed by atoms with van der Waals surface area (Å²) in [5.41, 5.74) is 8.26. The third kappa shape index (κ3) is 1.16. The minimum Gasteiger partial charge on any atom is -0.465 e. The summed E-state index contributed by atoms with van der Waals surface area (Å²) in [7, 11) is 0. The molecule has 1 aliphatic heterocycles. The summed E-state index contributed by atoms with van der Waals surface area (Å²) < 4.78 is 0. The van der Waals surface area contributed by atoms with Crippen molar-refractivity contribution in [2.75, 3.05) is 6.54 Å². The number of nitrogens with zero attached hydrogens (tertiary/aromatic N) is 1. The van der Waals surface area contributed by atoms with Crippen molar-refractivity contribution in [2.45, 2.75) is 24.4 Å². The van der Waals surface area contributed by atoms with Crippen LogP contribution in [0, 0.1) is 0 Å². The highest BCUT2D eigenvalue weighted by Crippen LogP contribution is 2.53. The van der Waals surface area contributed by atoms with Gasteiger partial charge in [-0.3, -0.25) is 4.90 Å².